The second-order valence-corrected chi connectivity index (χ2v) is 8.99. The molecule has 37 heavy (non-hydrogen) atoms. The van der Waals surface area contributed by atoms with E-state index in [-0.39, 0.29) is 0 Å². The topological polar surface area (TPSA) is 64.5 Å². The molecule has 0 fully saturated rings. The Morgan fingerprint density at radius 2 is 1.14 bits per heavy atom. The number of fused-ring (bicyclic) bond motifs is 3. The van der Waals surface area contributed by atoms with Crippen molar-refractivity contribution < 1.29 is 0 Å². The molecular formula is C32H21N5. The van der Waals surface area contributed by atoms with Crippen LogP contribution in [0.15, 0.2) is 116 Å². The first-order chi connectivity index (χ1) is 18.3. The van der Waals surface area contributed by atoms with Gasteiger partial charge < -0.3 is 0 Å². The maximum Gasteiger partial charge on any atom is 0.165 e. The number of hydrogen-bond acceptors (Lipinski definition) is 5. The molecule has 6 aromatic rings. The van der Waals surface area contributed by atoms with Gasteiger partial charge in [0.05, 0.1) is 11.4 Å². The summed E-state index contributed by atoms with van der Waals surface area (Å²) in [7, 11) is 0. The molecule has 0 aliphatic heterocycles. The number of pyridine rings is 2. The van der Waals surface area contributed by atoms with E-state index in [0.29, 0.717) is 17.5 Å². The smallest absolute Gasteiger partial charge is 0.165 e. The Hall–Kier alpha value is -5.03. The lowest BCUT2D eigenvalue weighted by Gasteiger charge is -2.10. The molecule has 174 valence electrons. The van der Waals surface area contributed by atoms with Crippen LogP contribution in [0.5, 0.6) is 0 Å². The third-order valence-corrected chi connectivity index (χ3v) is 6.69. The summed E-state index contributed by atoms with van der Waals surface area (Å²) in [5.74, 6) is 1.88. The van der Waals surface area contributed by atoms with Gasteiger partial charge in [0.1, 0.15) is 0 Å². The highest BCUT2D eigenvalue weighted by Gasteiger charge is 2.23. The van der Waals surface area contributed by atoms with Crippen molar-refractivity contribution in [2.24, 2.45) is 0 Å². The molecule has 0 saturated heterocycles. The standard InChI is InChI=1S/C32H21N5/c1-3-9-21(10-4-1)30-35-31(22-11-5-2-6-12-22)37-32(36-30)24-16-17-28(34-20-24)25-14-7-15-26-27(25)19-23-13-8-18-33-29(23)26/h1-18,20H,19H2. The van der Waals surface area contributed by atoms with Gasteiger partial charge in [-0.3, -0.25) is 9.97 Å². The van der Waals surface area contributed by atoms with Crippen LogP contribution in [0.25, 0.3) is 56.7 Å². The molecule has 0 N–H and O–H groups in total. The van der Waals surface area contributed by atoms with Gasteiger partial charge in [0.25, 0.3) is 0 Å². The Balaban J connectivity index is 1.30. The van der Waals surface area contributed by atoms with E-state index in [1.165, 1.54) is 16.7 Å². The fourth-order valence-electron chi connectivity index (χ4n) is 4.88. The quantitative estimate of drug-likeness (QED) is 0.277. The van der Waals surface area contributed by atoms with Gasteiger partial charge in [-0.1, -0.05) is 84.9 Å². The minimum Gasteiger partial charge on any atom is -0.256 e. The van der Waals surface area contributed by atoms with E-state index in [4.69, 9.17) is 19.9 Å². The lowest BCUT2D eigenvalue weighted by Crippen LogP contribution is -2.00. The summed E-state index contributed by atoms with van der Waals surface area (Å²) >= 11 is 0. The van der Waals surface area contributed by atoms with Gasteiger partial charge >= 0.3 is 0 Å². The average molecular weight is 476 g/mol. The van der Waals surface area contributed by atoms with E-state index >= 15 is 0 Å². The molecule has 5 nitrogen and oxygen atoms in total. The van der Waals surface area contributed by atoms with Gasteiger partial charge in [-0.05, 0) is 29.3 Å². The van der Waals surface area contributed by atoms with Gasteiger partial charge in [-0.2, -0.15) is 0 Å². The Morgan fingerprint density at radius 1 is 0.486 bits per heavy atom. The second kappa shape index (κ2) is 8.88. The summed E-state index contributed by atoms with van der Waals surface area (Å²) in [6.45, 7) is 0. The SMILES string of the molecule is c1ccc(-c2nc(-c3ccccc3)nc(-c3ccc(-c4cccc5c4Cc4cccnc4-5)nc3)n2)cc1. The van der Waals surface area contributed by atoms with Crippen LogP contribution >= 0.6 is 0 Å². The molecule has 0 amide bonds. The Bertz CT molecular complexity index is 1670. The molecule has 0 spiro atoms. The van der Waals surface area contributed by atoms with Crippen molar-refractivity contribution in [2.45, 2.75) is 6.42 Å². The second-order valence-electron chi connectivity index (χ2n) is 8.99. The number of benzene rings is 3. The fraction of sp³-hybridized carbons (Fsp3) is 0.0312. The molecule has 1 aliphatic carbocycles. The molecular weight excluding hydrogens is 454 g/mol. The zero-order valence-corrected chi connectivity index (χ0v) is 19.9. The minimum absolute atomic E-state index is 0.599. The summed E-state index contributed by atoms with van der Waals surface area (Å²) < 4.78 is 0. The van der Waals surface area contributed by atoms with Crippen molar-refractivity contribution in [3.8, 4) is 56.7 Å². The summed E-state index contributed by atoms with van der Waals surface area (Å²) in [5.41, 5.74) is 9.59. The lowest BCUT2D eigenvalue weighted by molar-refractivity contribution is 1.07. The highest BCUT2D eigenvalue weighted by Crippen LogP contribution is 2.40. The van der Waals surface area contributed by atoms with Gasteiger partial charge in [0.2, 0.25) is 0 Å². The first kappa shape index (κ1) is 21.3. The average Bonchev–Trinajstić information content (AvgIpc) is 3.37. The Labute approximate surface area is 214 Å². The van der Waals surface area contributed by atoms with Crippen LogP contribution in [0.4, 0.5) is 0 Å². The van der Waals surface area contributed by atoms with E-state index in [0.717, 1.165) is 40.1 Å². The minimum atomic E-state index is 0.599. The summed E-state index contributed by atoms with van der Waals surface area (Å²) in [5, 5.41) is 0. The largest absolute Gasteiger partial charge is 0.256 e. The molecule has 7 rings (SSSR count). The summed E-state index contributed by atoms with van der Waals surface area (Å²) in [6, 6.07) is 34.6. The van der Waals surface area contributed by atoms with E-state index in [1.807, 2.05) is 85.2 Å². The highest BCUT2D eigenvalue weighted by atomic mass is 15.0. The molecule has 0 unspecified atom stereocenters. The van der Waals surface area contributed by atoms with Crippen molar-refractivity contribution in [3.63, 3.8) is 0 Å². The van der Waals surface area contributed by atoms with Crippen LogP contribution in [0, 0.1) is 0 Å². The highest BCUT2D eigenvalue weighted by molar-refractivity contribution is 5.82. The van der Waals surface area contributed by atoms with Crippen LogP contribution in [-0.4, -0.2) is 24.9 Å². The Kier molecular flexibility index (Phi) is 5.10. The number of hydrogen-bond donors (Lipinski definition) is 0. The van der Waals surface area contributed by atoms with Crippen LogP contribution in [0.1, 0.15) is 11.1 Å². The van der Waals surface area contributed by atoms with E-state index in [9.17, 15) is 0 Å². The van der Waals surface area contributed by atoms with Crippen molar-refractivity contribution in [1.29, 1.82) is 0 Å². The monoisotopic (exact) mass is 475 g/mol. The van der Waals surface area contributed by atoms with Crippen molar-refractivity contribution in [2.75, 3.05) is 0 Å². The predicted octanol–water partition coefficient (Wildman–Crippen LogP) is 6.90. The fourth-order valence-corrected chi connectivity index (χ4v) is 4.88. The first-order valence-electron chi connectivity index (χ1n) is 12.2. The molecule has 1 aliphatic rings. The van der Waals surface area contributed by atoms with Gasteiger partial charge in [0, 0.05) is 46.6 Å². The summed E-state index contributed by atoms with van der Waals surface area (Å²) in [4.78, 5) is 23.9. The van der Waals surface area contributed by atoms with Gasteiger partial charge in [-0.25, -0.2) is 15.0 Å². The van der Waals surface area contributed by atoms with E-state index in [2.05, 4.69) is 35.3 Å². The molecule has 0 saturated carbocycles. The van der Waals surface area contributed by atoms with Crippen molar-refractivity contribution in [3.05, 3.63) is 127 Å². The molecule has 5 heteroatoms. The molecule has 0 atom stereocenters. The van der Waals surface area contributed by atoms with Gasteiger partial charge in [0.15, 0.2) is 17.5 Å². The predicted molar refractivity (Wildman–Crippen MR) is 145 cm³/mol. The Morgan fingerprint density at radius 3 is 1.78 bits per heavy atom. The van der Waals surface area contributed by atoms with Crippen LogP contribution in [0.3, 0.4) is 0 Å². The number of aromatic nitrogens is 5. The number of rotatable bonds is 4. The van der Waals surface area contributed by atoms with Gasteiger partial charge in [-0.15, -0.1) is 0 Å². The van der Waals surface area contributed by atoms with Crippen molar-refractivity contribution >= 4 is 0 Å². The molecule has 3 heterocycles. The van der Waals surface area contributed by atoms with E-state index < -0.39 is 0 Å². The van der Waals surface area contributed by atoms with Crippen LogP contribution in [-0.2, 0) is 6.42 Å². The first-order valence-corrected chi connectivity index (χ1v) is 12.2. The molecule has 0 bridgehead atoms. The zero-order valence-electron chi connectivity index (χ0n) is 19.9. The van der Waals surface area contributed by atoms with Crippen LogP contribution in [0.2, 0.25) is 0 Å². The normalized spacial score (nSPS) is 11.7. The third-order valence-electron chi connectivity index (χ3n) is 6.69. The molecule has 3 aromatic heterocycles. The number of nitrogens with zero attached hydrogens (tertiary/aromatic N) is 5. The maximum absolute atomic E-state index is 4.85. The van der Waals surface area contributed by atoms with Crippen LogP contribution < -0.4 is 0 Å². The van der Waals surface area contributed by atoms with E-state index in [1.54, 1.807) is 0 Å². The third kappa shape index (κ3) is 3.87. The zero-order chi connectivity index (χ0) is 24.6. The molecule has 3 aromatic carbocycles. The lowest BCUT2D eigenvalue weighted by atomic mass is 9.99. The van der Waals surface area contributed by atoms with Crippen molar-refractivity contribution in [1.82, 2.24) is 24.9 Å². The maximum atomic E-state index is 4.85. The summed E-state index contributed by atoms with van der Waals surface area (Å²) in [6.07, 6.45) is 4.58. The molecule has 0 radical (unpaired) electrons.